The Balaban J connectivity index is 1.26. The van der Waals surface area contributed by atoms with Crippen LogP contribution in [-0.4, -0.2) is 46.7 Å². The zero-order valence-corrected chi connectivity index (χ0v) is 33.9. The summed E-state index contributed by atoms with van der Waals surface area (Å²) in [6, 6.07) is 7.80. The van der Waals surface area contributed by atoms with Gasteiger partial charge in [0.25, 0.3) is 0 Å². The monoisotopic (exact) mass is 737 g/mol. The molecule has 0 bridgehead atoms. The summed E-state index contributed by atoms with van der Waals surface area (Å²) in [5.41, 5.74) is 1.49. The number of allylic oxidation sites excluding steroid dienone is 1. The summed E-state index contributed by atoms with van der Waals surface area (Å²) >= 11 is 6.24. The Morgan fingerprint density at radius 2 is 1.69 bits per heavy atom. The van der Waals surface area contributed by atoms with Gasteiger partial charge in [0.15, 0.2) is 5.78 Å². The van der Waals surface area contributed by atoms with E-state index < -0.39 is 28.9 Å². The fourth-order valence-corrected chi connectivity index (χ4v) is 13.3. The Labute approximate surface area is 317 Å². The number of hydrogen-bond donors (Lipinski definition) is 3. The molecule has 52 heavy (non-hydrogen) atoms. The fourth-order valence-electron chi connectivity index (χ4n) is 13.1. The number of benzene rings is 1. The Morgan fingerprint density at radius 3 is 2.35 bits per heavy atom. The van der Waals surface area contributed by atoms with Gasteiger partial charge in [-0.2, -0.15) is 0 Å². The molecule has 0 spiro atoms. The van der Waals surface area contributed by atoms with Gasteiger partial charge in [-0.1, -0.05) is 77.8 Å². The van der Waals surface area contributed by atoms with Gasteiger partial charge in [-0.25, -0.2) is 0 Å². The Bertz CT molecular complexity index is 1630. The zero-order chi connectivity index (χ0) is 38.2. The van der Waals surface area contributed by atoms with Crippen molar-refractivity contribution in [2.45, 2.75) is 145 Å². The van der Waals surface area contributed by atoms with Crippen molar-refractivity contribution in [1.82, 2.24) is 5.32 Å². The number of aliphatic carboxylic acids is 1. The van der Waals surface area contributed by atoms with Crippen LogP contribution >= 0.6 is 11.6 Å². The second-order valence-electron chi connectivity index (χ2n) is 19.8. The van der Waals surface area contributed by atoms with Crippen LogP contribution in [0.5, 0.6) is 0 Å². The molecule has 4 fully saturated rings. The maximum absolute atomic E-state index is 14.0. The van der Waals surface area contributed by atoms with Gasteiger partial charge in [0.05, 0.1) is 17.9 Å². The van der Waals surface area contributed by atoms with Gasteiger partial charge >= 0.3 is 11.9 Å². The van der Waals surface area contributed by atoms with Crippen molar-refractivity contribution in [2.24, 2.45) is 56.2 Å². The molecule has 4 saturated carbocycles. The number of halogens is 1. The molecule has 8 heteroatoms. The van der Waals surface area contributed by atoms with E-state index in [-0.39, 0.29) is 51.8 Å². The van der Waals surface area contributed by atoms with E-state index in [4.69, 9.17) is 16.3 Å². The maximum Gasteiger partial charge on any atom is 0.309 e. The number of carbonyl (C=O) groups excluding carboxylic acids is 2. The van der Waals surface area contributed by atoms with Gasteiger partial charge in [-0.3, -0.25) is 14.4 Å². The third-order valence-corrected chi connectivity index (χ3v) is 16.3. The maximum atomic E-state index is 14.0. The van der Waals surface area contributed by atoms with Crippen molar-refractivity contribution >= 4 is 29.3 Å². The van der Waals surface area contributed by atoms with E-state index in [0.717, 1.165) is 62.5 Å². The SMILES string of the molecule is CC(C)C1=C2[C@H]3CC[C@@H]4[C@@]5(C)CC[C@H](OC(=O)CC(C)(C)C(=O)O)C(C)(C)[C@@H]5CC[C@@]4(C)[C@]3(C)CC[C@]2([C@@H](O)CNCc2cccc(Cl)c2)CC1=O. The van der Waals surface area contributed by atoms with Gasteiger partial charge in [0.2, 0.25) is 0 Å². The molecule has 0 aliphatic heterocycles. The average molecular weight is 738 g/mol. The molecule has 1 aromatic carbocycles. The Morgan fingerprint density at radius 1 is 0.981 bits per heavy atom. The van der Waals surface area contributed by atoms with Gasteiger partial charge < -0.3 is 20.3 Å². The van der Waals surface area contributed by atoms with Crippen LogP contribution in [0, 0.1) is 56.2 Å². The van der Waals surface area contributed by atoms with Gasteiger partial charge in [0, 0.05) is 35.4 Å². The predicted octanol–water partition coefficient (Wildman–Crippen LogP) is 9.18. The van der Waals surface area contributed by atoms with Crippen LogP contribution in [0.15, 0.2) is 35.4 Å². The Kier molecular flexibility index (Phi) is 10.3. The van der Waals surface area contributed by atoms with E-state index in [9.17, 15) is 24.6 Å². The lowest BCUT2D eigenvalue weighted by atomic mass is 9.33. The summed E-state index contributed by atoms with van der Waals surface area (Å²) in [5, 5.41) is 25.9. The van der Waals surface area contributed by atoms with Gasteiger partial charge in [-0.15, -0.1) is 0 Å². The molecule has 0 unspecified atom stereocenters. The topological polar surface area (TPSA) is 113 Å². The minimum atomic E-state index is -1.17. The van der Waals surface area contributed by atoms with E-state index in [1.54, 1.807) is 13.8 Å². The third-order valence-electron chi connectivity index (χ3n) is 16.1. The molecule has 1 aromatic rings. The molecular weight excluding hydrogens is 674 g/mol. The molecule has 0 aromatic heterocycles. The summed E-state index contributed by atoms with van der Waals surface area (Å²) in [4.78, 5) is 38.8. The first kappa shape index (κ1) is 39.5. The number of carbonyl (C=O) groups is 3. The molecule has 288 valence electrons. The van der Waals surface area contributed by atoms with Crippen LogP contribution in [-0.2, 0) is 25.7 Å². The Hall–Kier alpha value is -2.22. The molecule has 6 rings (SSSR count). The van der Waals surface area contributed by atoms with Crippen molar-refractivity contribution in [3.63, 3.8) is 0 Å². The van der Waals surface area contributed by atoms with Crippen LogP contribution in [0.1, 0.15) is 132 Å². The molecule has 3 N–H and O–H groups in total. The van der Waals surface area contributed by atoms with Crippen molar-refractivity contribution in [2.75, 3.05) is 6.54 Å². The number of hydrogen-bond acceptors (Lipinski definition) is 6. The average Bonchev–Trinajstić information content (AvgIpc) is 3.36. The third kappa shape index (κ3) is 6.11. The van der Waals surface area contributed by atoms with Crippen molar-refractivity contribution < 1.29 is 29.3 Å². The quantitative estimate of drug-likeness (QED) is 0.205. The number of ketones is 1. The number of fused-ring (bicyclic) bond motifs is 7. The normalized spacial score (nSPS) is 37.5. The first-order chi connectivity index (χ1) is 24.1. The van der Waals surface area contributed by atoms with E-state index in [0.29, 0.717) is 36.4 Å². The van der Waals surface area contributed by atoms with Crippen molar-refractivity contribution in [3.8, 4) is 0 Å². The number of Topliss-reactive ketones (excluding diaryl/α,β-unsaturated/α-hetero) is 1. The first-order valence-electron chi connectivity index (χ1n) is 20.0. The number of carboxylic acid groups (broad SMARTS) is 1. The molecule has 0 radical (unpaired) electrons. The standard InChI is InChI=1S/C44H64ClNO6/c1-26(2)36-30(47)22-44(33(48)25-46-24-27-11-10-12-28(45)21-27)20-19-42(8)29(37(36)44)13-14-32-41(7)17-16-34(52-35(49)23-39(3,4)38(50)51)40(5,6)31(41)15-18-43(32,42)9/h10-12,21,26,29,31-34,46,48H,13-20,22-25H2,1-9H3,(H,50,51)/t29-,31+,32-,33+,34+,41+,42-,43-,44-/m1/s1. The molecule has 0 amide bonds. The highest BCUT2D eigenvalue weighted by Crippen LogP contribution is 2.77. The summed E-state index contributed by atoms with van der Waals surface area (Å²) in [5.74, 6) is 0.0236. The summed E-state index contributed by atoms with van der Waals surface area (Å²) < 4.78 is 6.16. The van der Waals surface area contributed by atoms with E-state index in [1.165, 1.54) is 5.57 Å². The number of esters is 1. The number of rotatable bonds is 10. The van der Waals surface area contributed by atoms with Crippen LogP contribution in [0.4, 0.5) is 0 Å². The number of aliphatic hydroxyl groups is 1. The highest BCUT2D eigenvalue weighted by molar-refractivity contribution is 6.30. The van der Waals surface area contributed by atoms with Crippen LogP contribution < -0.4 is 5.32 Å². The molecule has 0 heterocycles. The zero-order valence-electron chi connectivity index (χ0n) is 33.2. The van der Waals surface area contributed by atoms with Gasteiger partial charge in [-0.05, 0) is 128 Å². The largest absolute Gasteiger partial charge is 0.481 e. The first-order valence-corrected chi connectivity index (χ1v) is 20.4. The van der Waals surface area contributed by atoms with Crippen molar-refractivity contribution in [3.05, 3.63) is 46.0 Å². The molecular formula is C44H64ClNO6. The number of ether oxygens (including phenoxy) is 1. The number of carboxylic acids is 1. The predicted molar refractivity (Wildman–Crippen MR) is 205 cm³/mol. The summed E-state index contributed by atoms with van der Waals surface area (Å²) in [7, 11) is 0. The lowest BCUT2D eigenvalue weighted by Crippen LogP contribution is -2.66. The van der Waals surface area contributed by atoms with E-state index in [1.807, 2.05) is 24.3 Å². The molecule has 9 atom stereocenters. The lowest BCUT2D eigenvalue weighted by molar-refractivity contribution is -0.235. The minimum absolute atomic E-state index is 0.0166. The number of aliphatic hydroxyl groups excluding tert-OH is 1. The highest BCUT2D eigenvalue weighted by Gasteiger charge is 2.70. The van der Waals surface area contributed by atoms with E-state index in [2.05, 4.69) is 53.8 Å². The van der Waals surface area contributed by atoms with Crippen LogP contribution in [0.3, 0.4) is 0 Å². The van der Waals surface area contributed by atoms with E-state index >= 15 is 0 Å². The minimum Gasteiger partial charge on any atom is -0.481 e. The second kappa shape index (κ2) is 13.5. The molecule has 7 nitrogen and oxygen atoms in total. The van der Waals surface area contributed by atoms with Crippen molar-refractivity contribution in [1.29, 1.82) is 0 Å². The van der Waals surface area contributed by atoms with Gasteiger partial charge in [0.1, 0.15) is 6.10 Å². The fraction of sp³-hybridized carbons (Fsp3) is 0.750. The summed E-state index contributed by atoms with van der Waals surface area (Å²) in [6.07, 6.45) is 7.14. The second-order valence-corrected chi connectivity index (χ2v) is 20.3. The van der Waals surface area contributed by atoms with Crippen LogP contribution in [0.25, 0.3) is 0 Å². The molecule has 0 saturated heterocycles. The lowest BCUT2D eigenvalue weighted by Gasteiger charge is -2.72. The highest BCUT2D eigenvalue weighted by atomic mass is 35.5. The number of nitrogens with one attached hydrogen (secondary N) is 1. The molecule has 5 aliphatic rings. The smallest absolute Gasteiger partial charge is 0.309 e. The molecule has 5 aliphatic carbocycles. The van der Waals surface area contributed by atoms with Crippen LogP contribution in [0.2, 0.25) is 5.02 Å². The summed E-state index contributed by atoms with van der Waals surface area (Å²) in [6.45, 7) is 20.6.